The van der Waals surface area contributed by atoms with Crippen LogP contribution in [0.3, 0.4) is 0 Å². The first-order valence-corrected chi connectivity index (χ1v) is 6.07. The predicted octanol–water partition coefficient (Wildman–Crippen LogP) is 1.78. The summed E-state index contributed by atoms with van der Waals surface area (Å²) in [5, 5.41) is 3.53. The summed E-state index contributed by atoms with van der Waals surface area (Å²) < 4.78 is 5.50. The number of hydrogen-bond donors (Lipinski definition) is 1. The Morgan fingerprint density at radius 1 is 1.38 bits per heavy atom. The maximum absolute atomic E-state index is 5.50. The van der Waals surface area contributed by atoms with Gasteiger partial charge in [0.05, 0.1) is 12.8 Å². The van der Waals surface area contributed by atoms with E-state index >= 15 is 0 Å². The lowest BCUT2D eigenvalue weighted by atomic mass is 10.0. The van der Waals surface area contributed by atoms with Gasteiger partial charge in [0.1, 0.15) is 0 Å². The van der Waals surface area contributed by atoms with Gasteiger partial charge in [-0.25, -0.2) is 4.98 Å². The highest BCUT2D eigenvalue weighted by atomic mass is 16.5. The first-order chi connectivity index (χ1) is 7.95. The SMILES string of the molecule is c1cnc(OCCC[C@@H]2CCCCN2)cn1. The minimum atomic E-state index is 0.624. The third-order valence-corrected chi connectivity index (χ3v) is 2.90. The number of nitrogens with zero attached hydrogens (tertiary/aromatic N) is 2. The van der Waals surface area contributed by atoms with E-state index < -0.39 is 0 Å². The summed E-state index contributed by atoms with van der Waals surface area (Å²) in [4.78, 5) is 8.02. The topological polar surface area (TPSA) is 47.0 Å². The number of piperidine rings is 1. The maximum atomic E-state index is 5.50. The van der Waals surface area contributed by atoms with Crippen LogP contribution in [0.2, 0.25) is 0 Å². The van der Waals surface area contributed by atoms with Crippen molar-refractivity contribution < 1.29 is 4.74 Å². The van der Waals surface area contributed by atoms with Gasteiger partial charge >= 0.3 is 0 Å². The van der Waals surface area contributed by atoms with Gasteiger partial charge in [0.25, 0.3) is 0 Å². The Morgan fingerprint density at radius 2 is 2.38 bits per heavy atom. The molecule has 1 N–H and O–H groups in total. The van der Waals surface area contributed by atoms with Crippen molar-refractivity contribution in [3.63, 3.8) is 0 Å². The van der Waals surface area contributed by atoms with E-state index in [1.807, 2.05) is 0 Å². The summed E-state index contributed by atoms with van der Waals surface area (Å²) in [6.07, 6.45) is 11.2. The second-order valence-corrected chi connectivity index (χ2v) is 4.18. The Labute approximate surface area is 96.4 Å². The van der Waals surface area contributed by atoms with Crippen molar-refractivity contribution in [1.29, 1.82) is 0 Å². The van der Waals surface area contributed by atoms with E-state index in [9.17, 15) is 0 Å². The fourth-order valence-corrected chi connectivity index (χ4v) is 2.04. The van der Waals surface area contributed by atoms with Crippen LogP contribution >= 0.6 is 0 Å². The van der Waals surface area contributed by atoms with Gasteiger partial charge in [0.15, 0.2) is 0 Å². The van der Waals surface area contributed by atoms with Crippen LogP contribution in [0.15, 0.2) is 18.6 Å². The summed E-state index contributed by atoms with van der Waals surface area (Å²) in [6, 6.07) is 0.694. The minimum absolute atomic E-state index is 0.624. The first kappa shape index (κ1) is 11.3. The summed E-state index contributed by atoms with van der Waals surface area (Å²) in [5.41, 5.74) is 0. The number of aromatic nitrogens is 2. The standard InChI is InChI=1S/C12H19N3O/c1-2-6-14-11(4-1)5-3-9-16-12-10-13-7-8-15-12/h7-8,10-11,14H,1-6,9H2/t11-/m0/s1. The molecule has 0 saturated carbocycles. The molecule has 88 valence electrons. The number of hydrogen-bond acceptors (Lipinski definition) is 4. The van der Waals surface area contributed by atoms with E-state index in [0.29, 0.717) is 11.9 Å². The molecule has 1 fully saturated rings. The van der Waals surface area contributed by atoms with Crippen LogP contribution in [-0.2, 0) is 0 Å². The monoisotopic (exact) mass is 221 g/mol. The van der Waals surface area contributed by atoms with E-state index in [1.54, 1.807) is 18.6 Å². The highest BCUT2D eigenvalue weighted by molar-refractivity contribution is 5.00. The van der Waals surface area contributed by atoms with Crippen molar-refractivity contribution in [3.8, 4) is 5.88 Å². The van der Waals surface area contributed by atoms with Crippen LogP contribution in [0, 0.1) is 0 Å². The maximum Gasteiger partial charge on any atom is 0.232 e. The molecular weight excluding hydrogens is 202 g/mol. The second kappa shape index (κ2) is 6.43. The molecule has 4 nitrogen and oxygen atoms in total. The lowest BCUT2D eigenvalue weighted by Crippen LogP contribution is -2.34. The van der Waals surface area contributed by atoms with Gasteiger partial charge in [-0.15, -0.1) is 0 Å². The van der Waals surface area contributed by atoms with Crippen molar-refractivity contribution in [2.24, 2.45) is 0 Å². The Balaban J connectivity index is 1.58. The number of nitrogens with one attached hydrogen (secondary N) is 1. The third-order valence-electron chi connectivity index (χ3n) is 2.90. The average Bonchev–Trinajstić information content (AvgIpc) is 2.37. The van der Waals surface area contributed by atoms with Gasteiger partial charge in [-0.3, -0.25) is 4.98 Å². The smallest absolute Gasteiger partial charge is 0.232 e. The highest BCUT2D eigenvalue weighted by Crippen LogP contribution is 2.12. The van der Waals surface area contributed by atoms with Gasteiger partial charge in [-0.1, -0.05) is 6.42 Å². The molecule has 16 heavy (non-hydrogen) atoms. The number of rotatable bonds is 5. The van der Waals surface area contributed by atoms with E-state index in [0.717, 1.165) is 13.0 Å². The van der Waals surface area contributed by atoms with Crippen LogP contribution in [0.5, 0.6) is 5.88 Å². The molecule has 0 spiro atoms. The van der Waals surface area contributed by atoms with Crippen molar-refractivity contribution in [2.75, 3.05) is 13.2 Å². The lowest BCUT2D eigenvalue weighted by molar-refractivity contribution is 0.275. The van der Waals surface area contributed by atoms with Crippen molar-refractivity contribution in [1.82, 2.24) is 15.3 Å². The number of ether oxygens (including phenoxy) is 1. The van der Waals surface area contributed by atoms with Gasteiger partial charge in [-0.2, -0.15) is 0 Å². The molecular formula is C12H19N3O. The summed E-state index contributed by atoms with van der Waals surface area (Å²) in [7, 11) is 0. The summed E-state index contributed by atoms with van der Waals surface area (Å²) in [5.74, 6) is 0.624. The zero-order valence-electron chi connectivity index (χ0n) is 9.56. The van der Waals surface area contributed by atoms with Gasteiger partial charge in [0.2, 0.25) is 5.88 Å². The summed E-state index contributed by atoms with van der Waals surface area (Å²) >= 11 is 0. The molecule has 1 aromatic heterocycles. The molecule has 1 aliphatic rings. The Hall–Kier alpha value is -1.16. The van der Waals surface area contributed by atoms with Crippen molar-refractivity contribution >= 4 is 0 Å². The fraction of sp³-hybridized carbons (Fsp3) is 0.667. The van der Waals surface area contributed by atoms with Crippen LogP contribution in [0.4, 0.5) is 0 Å². The molecule has 1 saturated heterocycles. The average molecular weight is 221 g/mol. The molecule has 1 aromatic rings. The quantitative estimate of drug-likeness (QED) is 0.770. The van der Waals surface area contributed by atoms with E-state index in [2.05, 4.69) is 15.3 Å². The molecule has 1 aliphatic heterocycles. The first-order valence-electron chi connectivity index (χ1n) is 6.07. The molecule has 4 heteroatoms. The molecule has 2 rings (SSSR count). The molecule has 0 amide bonds. The van der Waals surface area contributed by atoms with Crippen molar-refractivity contribution in [3.05, 3.63) is 18.6 Å². The van der Waals surface area contributed by atoms with Crippen LogP contribution in [-0.4, -0.2) is 29.2 Å². The Morgan fingerprint density at radius 3 is 3.12 bits per heavy atom. The van der Waals surface area contributed by atoms with Crippen LogP contribution in [0.25, 0.3) is 0 Å². The van der Waals surface area contributed by atoms with E-state index in [4.69, 9.17) is 4.74 Å². The second-order valence-electron chi connectivity index (χ2n) is 4.18. The zero-order chi connectivity index (χ0) is 11.1. The van der Waals surface area contributed by atoms with Gasteiger partial charge in [0, 0.05) is 18.4 Å². The normalized spacial score (nSPS) is 20.6. The minimum Gasteiger partial charge on any atom is -0.477 e. The molecule has 0 aromatic carbocycles. The molecule has 1 atom stereocenters. The molecule has 0 aliphatic carbocycles. The Bertz CT molecular complexity index is 286. The predicted molar refractivity (Wildman–Crippen MR) is 62.4 cm³/mol. The van der Waals surface area contributed by atoms with Gasteiger partial charge in [-0.05, 0) is 32.2 Å². The van der Waals surface area contributed by atoms with Crippen molar-refractivity contribution in [2.45, 2.75) is 38.1 Å². The van der Waals surface area contributed by atoms with E-state index in [-0.39, 0.29) is 0 Å². The highest BCUT2D eigenvalue weighted by Gasteiger charge is 2.11. The molecule has 2 heterocycles. The Kier molecular flexibility index (Phi) is 4.55. The molecule has 0 unspecified atom stereocenters. The molecule has 0 radical (unpaired) electrons. The fourth-order valence-electron chi connectivity index (χ4n) is 2.04. The summed E-state index contributed by atoms with van der Waals surface area (Å²) in [6.45, 7) is 1.91. The van der Waals surface area contributed by atoms with Gasteiger partial charge < -0.3 is 10.1 Å². The van der Waals surface area contributed by atoms with E-state index in [1.165, 1.54) is 32.2 Å². The van der Waals surface area contributed by atoms with Crippen LogP contribution in [0.1, 0.15) is 32.1 Å². The molecule has 0 bridgehead atoms. The zero-order valence-corrected chi connectivity index (χ0v) is 9.56. The van der Waals surface area contributed by atoms with Crippen LogP contribution < -0.4 is 10.1 Å². The third kappa shape index (κ3) is 3.77. The lowest BCUT2D eigenvalue weighted by Gasteiger charge is -2.23. The largest absolute Gasteiger partial charge is 0.477 e.